The van der Waals surface area contributed by atoms with E-state index in [-0.39, 0.29) is 0 Å². The van der Waals surface area contributed by atoms with Crippen molar-refractivity contribution < 1.29 is 4.52 Å². The van der Waals surface area contributed by atoms with Crippen LogP contribution in [0.2, 0.25) is 0 Å². The van der Waals surface area contributed by atoms with Gasteiger partial charge >= 0.3 is 0 Å². The molecule has 3 nitrogen and oxygen atoms in total. The minimum absolute atomic E-state index is 0.506. The fourth-order valence-corrected chi connectivity index (χ4v) is 2.17. The Morgan fingerprint density at radius 3 is 2.32 bits per heavy atom. The molecule has 0 N–H and O–H groups in total. The van der Waals surface area contributed by atoms with Crippen molar-refractivity contribution in [3.63, 3.8) is 0 Å². The van der Waals surface area contributed by atoms with E-state index in [1.807, 2.05) is 42.5 Å². The van der Waals surface area contributed by atoms with Gasteiger partial charge in [0.1, 0.15) is 0 Å². The van der Waals surface area contributed by atoms with E-state index in [1.165, 1.54) is 5.56 Å². The average Bonchev–Trinajstić information content (AvgIpc) is 3.03. The molecule has 0 spiro atoms. The summed E-state index contributed by atoms with van der Waals surface area (Å²) < 4.78 is 5.25. The van der Waals surface area contributed by atoms with Crippen molar-refractivity contribution in [3.8, 4) is 11.4 Å². The van der Waals surface area contributed by atoms with E-state index < -0.39 is 0 Å². The van der Waals surface area contributed by atoms with Crippen LogP contribution in [0.5, 0.6) is 0 Å². The normalized spacial score (nSPS) is 11.4. The molecule has 1 heterocycles. The molecule has 0 fully saturated rings. The van der Waals surface area contributed by atoms with Crippen LogP contribution in [-0.2, 0) is 0 Å². The summed E-state index contributed by atoms with van der Waals surface area (Å²) >= 11 is 0. The van der Waals surface area contributed by atoms with E-state index in [0.29, 0.717) is 17.6 Å². The second-order valence-electron chi connectivity index (χ2n) is 5.48. The van der Waals surface area contributed by atoms with Crippen LogP contribution in [0.15, 0.2) is 59.1 Å². The molecule has 3 rings (SSSR count). The predicted octanol–water partition coefficient (Wildman–Crippen LogP) is 5.03. The third-order valence-corrected chi connectivity index (χ3v) is 3.50. The highest BCUT2D eigenvalue weighted by atomic mass is 16.5. The minimum atomic E-state index is 0.506. The van der Waals surface area contributed by atoms with Crippen molar-refractivity contribution in [2.45, 2.75) is 19.8 Å². The Morgan fingerprint density at radius 1 is 0.909 bits per heavy atom. The maximum absolute atomic E-state index is 5.25. The standard InChI is InChI=1S/C19H18N2O/c1-14(2)16-11-8-15(9-12-16)10-13-18-20-19(21-22-18)17-6-4-3-5-7-17/h3-14H,1-2H3/b13-10-. The fourth-order valence-electron chi connectivity index (χ4n) is 2.17. The molecule has 0 aliphatic heterocycles. The molecule has 0 bridgehead atoms. The van der Waals surface area contributed by atoms with Crippen LogP contribution in [0, 0.1) is 0 Å². The molecule has 22 heavy (non-hydrogen) atoms. The van der Waals surface area contributed by atoms with Gasteiger partial charge in [-0.3, -0.25) is 0 Å². The Kier molecular flexibility index (Phi) is 4.15. The van der Waals surface area contributed by atoms with Gasteiger partial charge in [0, 0.05) is 11.6 Å². The number of rotatable bonds is 4. The van der Waals surface area contributed by atoms with Gasteiger partial charge in [-0.2, -0.15) is 4.98 Å². The Labute approximate surface area is 130 Å². The lowest BCUT2D eigenvalue weighted by Crippen LogP contribution is -1.85. The maximum atomic E-state index is 5.25. The van der Waals surface area contributed by atoms with Gasteiger partial charge in [0.25, 0.3) is 5.89 Å². The maximum Gasteiger partial charge on any atom is 0.250 e. The fraction of sp³-hybridized carbons (Fsp3) is 0.158. The highest BCUT2D eigenvalue weighted by Gasteiger charge is 2.05. The van der Waals surface area contributed by atoms with Crippen LogP contribution in [0.3, 0.4) is 0 Å². The molecule has 2 aromatic carbocycles. The van der Waals surface area contributed by atoms with Gasteiger partial charge in [-0.25, -0.2) is 0 Å². The van der Waals surface area contributed by atoms with Crippen molar-refractivity contribution in [1.82, 2.24) is 10.1 Å². The third kappa shape index (κ3) is 3.31. The van der Waals surface area contributed by atoms with Gasteiger partial charge in [-0.15, -0.1) is 0 Å². The van der Waals surface area contributed by atoms with E-state index in [0.717, 1.165) is 11.1 Å². The van der Waals surface area contributed by atoms with E-state index in [4.69, 9.17) is 4.52 Å². The summed E-state index contributed by atoms with van der Waals surface area (Å²) in [4.78, 5) is 4.38. The first-order valence-electron chi connectivity index (χ1n) is 7.39. The third-order valence-electron chi connectivity index (χ3n) is 3.50. The van der Waals surface area contributed by atoms with Gasteiger partial charge in [0.2, 0.25) is 5.82 Å². The molecule has 3 heteroatoms. The van der Waals surface area contributed by atoms with Crippen molar-refractivity contribution in [2.75, 3.05) is 0 Å². The Hall–Kier alpha value is -2.68. The average molecular weight is 290 g/mol. The smallest absolute Gasteiger partial charge is 0.250 e. The summed E-state index contributed by atoms with van der Waals surface area (Å²) in [5, 5.41) is 4.00. The van der Waals surface area contributed by atoms with Crippen LogP contribution in [0.1, 0.15) is 36.8 Å². The summed E-state index contributed by atoms with van der Waals surface area (Å²) in [7, 11) is 0. The summed E-state index contributed by atoms with van der Waals surface area (Å²) in [6.45, 7) is 4.38. The molecular weight excluding hydrogens is 272 g/mol. The molecule has 0 aliphatic rings. The Balaban J connectivity index is 1.74. The first-order chi connectivity index (χ1) is 10.7. The largest absolute Gasteiger partial charge is 0.334 e. The molecule has 0 atom stereocenters. The molecular formula is C19H18N2O. The quantitative estimate of drug-likeness (QED) is 0.676. The van der Waals surface area contributed by atoms with Crippen molar-refractivity contribution in [3.05, 3.63) is 71.6 Å². The van der Waals surface area contributed by atoms with Crippen LogP contribution < -0.4 is 0 Å². The van der Waals surface area contributed by atoms with Crippen LogP contribution in [0.4, 0.5) is 0 Å². The van der Waals surface area contributed by atoms with Gasteiger partial charge in [-0.05, 0) is 23.1 Å². The summed E-state index contributed by atoms with van der Waals surface area (Å²) in [5.41, 5.74) is 3.40. The molecule has 0 aliphatic carbocycles. The molecule has 0 unspecified atom stereocenters. The number of benzene rings is 2. The zero-order valence-corrected chi connectivity index (χ0v) is 12.7. The van der Waals surface area contributed by atoms with Gasteiger partial charge in [0.05, 0.1) is 0 Å². The molecule has 0 saturated carbocycles. The van der Waals surface area contributed by atoms with E-state index in [9.17, 15) is 0 Å². The molecule has 110 valence electrons. The first-order valence-corrected chi connectivity index (χ1v) is 7.39. The van der Waals surface area contributed by atoms with Crippen molar-refractivity contribution >= 4 is 12.2 Å². The highest BCUT2D eigenvalue weighted by molar-refractivity contribution is 5.67. The van der Waals surface area contributed by atoms with Crippen LogP contribution in [0.25, 0.3) is 23.5 Å². The van der Waals surface area contributed by atoms with Gasteiger partial charge < -0.3 is 4.52 Å². The first kappa shape index (κ1) is 14.3. The van der Waals surface area contributed by atoms with Crippen molar-refractivity contribution in [1.29, 1.82) is 0 Å². The monoisotopic (exact) mass is 290 g/mol. The second kappa shape index (κ2) is 6.39. The zero-order valence-electron chi connectivity index (χ0n) is 12.7. The van der Waals surface area contributed by atoms with Gasteiger partial charge in [0.15, 0.2) is 0 Å². The molecule has 0 saturated heterocycles. The molecule has 3 aromatic rings. The number of nitrogens with zero attached hydrogens (tertiary/aromatic N) is 2. The highest BCUT2D eigenvalue weighted by Crippen LogP contribution is 2.18. The van der Waals surface area contributed by atoms with E-state index in [2.05, 4.69) is 48.3 Å². The number of hydrogen-bond acceptors (Lipinski definition) is 3. The van der Waals surface area contributed by atoms with Crippen LogP contribution >= 0.6 is 0 Å². The van der Waals surface area contributed by atoms with E-state index in [1.54, 1.807) is 0 Å². The lowest BCUT2D eigenvalue weighted by molar-refractivity contribution is 0.411. The molecule has 0 radical (unpaired) electrons. The predicted molar refractivity (Wildman–Crippen MR) is 89.2 cm³/mol. The lowest BCUT2D eigenvalue weighted by Gasteiger charge is -2.04. The lowest BCUT2D eigenvalue weighted by atomic mass is 10.0. The second-order valence-corrected chi connectivity index (χ2v) is 5.48. The van der Waals surface area contributed by atoms with E-state index >= 15 is 0 Å². The Bertz CT molecular complexity index is 756. The van der Waals surface area contributed by atoms with Crippen molar-refractivity contribution in [2.24, 2.45) is 0 Å². The Morgan fingerprint density at radius 2 is 1.64 bits per heavy atom. The summed E-state index contributed by atoms with van der Waals surface area (Å²) in [6, 6.07) is 18.3. The molecule has 1 aromatic heterocycles. The number of aromatic nitrogens is 2. The summed E-state index contributed by atoms with van der Waals surface area (Å²) in [5.74, 6) is 1.66. The molecule has 0 amide bonds. The minimum Gasteiger partial charge on any atom is -0.334 e. The SMILES string of the molecule is CC(C)c1ccc(/C=C\c2nc(-c3ccccc3)no2)cc1. The van der Waals surface area contributed by atoms with Gasteiger partial charge in [-0.1, -0.05) is 73.6 Å². The topological polar surface area (TPSA) is 38.9 Å². The summed E-state index contributed by atoms with van der Waals surface area (Å²) in [6.07, 6.45) is 3.82. The zero-order chi connectivity index (χ0) is 15.4. The van der Waals surface area contributed by atoms with Crippen LogP contribution in [-0.4, -0.2) is 10.1 Å². The number of hydrogen-bond donors (Lipinski definition) is 0.